The van der Waals surface area contributed by atoms with E-state index in [2.05, 4.69) is 22.8 Å². The van der Waals surface area contributed by atoms with Crippen LogP contribution in [0.5, 0.6) is 0 Å². The van der Waals surface area contributed by atoms with Gasteiger partial charge in [-0.1, -0.05) is 30.3 Å². The van der Waals surface area contributed by atoms with E-state index in [0.717, 1.165) is 29.8 Å². The van der Waals surface area contributed by atoms with E-state index in [9.17, 15) is 9.59 Å². The van der Waals surface area contributed by atoms with Crippen LogP contribution in [0.3, 0.4) is 0 Å². The molecule has 3 rings (SSSR count). The zero-order valence-corrected chi connectivity index (χ0v) is 15.7. The maximum Gasteiger partial charge on any atom is 0.227 e. The van der Waals surface area contributed by atoms with Gasteiger partial charge in [-0.25, -0.2) is 0 Å². The predicted octanol–water partition coefficient (Wildman–Crippen LogP) is 4.39. The molecule has 1 aliphatic carbocycles. The van der Waals surface area contributed by atoms with Crippen molar-refractivity contribution in [2.24, 2.45) is 5.92 Å². The third-order valence-electron chi connectivity index (χ3n) is 4.34. The second-order valence-electron chi connectivity index (χ2n) is 6.59. The van der Waals surface area contributed by atoms with Crippen molar-refractivity contribution in [3.8, 4) is 0 Å². The van der Waals surface area contributed by atoms with Gasteiger partial charge in [0.1, 0.15) is 0 Å². The van der Waals surface area contributed by atoms with Crippen molar-refractivity contribution in [3.05, 3.63) is 60.2 Å². The Bertz CT molecular complexity index is 742. The van der Waals surface area contributed by atoms with E-state index >= 15 is 0 Å². The van der Waals surface area contributed by atoms with Gasteiger partial charge >= 0.3 is 0 Å². The molecule has 26 heavy (non-hydrogen) atoms. The standard InChI is InChI=1S/C21H24N2O2S/c1-15(22-20(24)13-14-26-19-5-3-2-4-6-19)16-9-11-18(12-10-16)23-21(25)17-7-8-17/h2-6,9-12,15,17H,7-8,13-14H2,1H3,(H,22,24)(H,23,25). The molecule has 0 bridgehead atoms. The van der Waals surface area contributed by atoms with Gasteiger partial charge in [0.15, 0.2) is 0 Å². The smallest absolute Gasteiger partial charge is 0.227 e. The van der Waals surface area contributed by atoms with Crippen LogP contribution >= 0.6 is 11.8 Å². The lowest BCUT2D eigenvalue weighted by atomic mass is 10.1. The highest BCUT2D eigenvalue weighted by Gasteiger charge is 2.29. The summed E-state index contributed by atoms with van der Waals surface area (Å²) in [5.74, 6) is 1.11. The van der Waals surface area contributed by atoms with Gasteiger partial charge in [0.25, 0.3) is 0 Å². The Hall–Kier alpha value is -2.27. The molecule has 2 amide bonds. The number of anilines is 1. The topological polar surface area (TPSA) is 58.2 Å². The molecule has 0 heterocycles. The second-order valence-corrected chi connectivity index (χ2v) is 7.75. The fraction of sp³-hybridized carbons (Fsp3) is 0.333. The Morgan fingerprint density at radius 2 is 1.77 bits per heavy atom. The van der Waals surface area contributed by atoms with Gasteiger partial charge in [-0.3, -0.25) is 9.59 Å². The lowest BCUT2D eigenvalue weighted by Gasteiger charge is -2.15. The first-order chi connectivity index (χ1) is 12.6. The molecule has 0 radical (unpaired) electrons. The summed E-state index contributed by atoms with van der Waals surface area (Å²) in [7, 11) is 0. The highest BCUT2D eigenvalue weighted by molar-refractivity contribution is 7.99. The molecular weight excluding hydrogens is 344 g/mol. The molecule has 0 saturated heterocycles. The lowest BCUT2D eigenvalue weighted by Crippen LogP contribution is -2.26. The molecule has 2 aromatic rings. The fourth-order valence-corrected chi connectivity index (χ4v) is 3.49. The molecule has 0 aliphatic heterocycles. The van der Waals surface area contributed by atoms with Crippen molar-refractivity contribution in [2.45, 2.75) is 37.1 Å². The van der Waals surface area contributed by atoms with E-state index in [1.807, 2.05) is 49.4 Å². The summed E-state index contributed by atoms with van der Waals surface area (Å²) in [6, 6.07) is 17.7. The van der Waals surface area contributed by atoms with Crippen molar-refractivity contribution in [1.82, 2.24) is 5.32 Å². The van der Waals surface area contributed by atoms with Gasteiger partial charge in [-0.2, -0.15) is 0 Å². The van der Waals surface area contributed by atoms with Crippen LogP contribution in [0.15, 0.2) is 59.5 Å². The zero-order valence-electron chi connectivity index (χ0n) is 14.9. The molecule has 2 aromatic carbocycles. The first kappa shape index (κ1) is 18.5. The highest BCUT2D eigenvalue weighted by atomic mass is 32.2. The van der Waals surface area contributed by atoms with Crippen molar-refractivity contribution in [2.75, 3.05) is 11.1 Å². The number of carbonyl (C=O) groups is 2. The number of nitrogens with one attached hydrogen (secondary N) is 2. The molecule has 1 saturated carbocycles. The SMILES string of the molecule is CC(NC(=O)CCSc1ccccc1)c1ccc(NC(=O)C2CC2)cc1. The first-order valence-electron chi connectivity index (χ1n) is 9.00. The third-order valence-corrected chi connectivity index (χ3v) is 5.36. The number of benzene rings is 2. The molecule has 5 heteroatoms. The zero-order chi connectivity index (χ0) is 18.4. The minimum atomic E-state index is -0.0580. The summed E-state index contributed by atoms with van der Waals surface area (Å²) in [4.78, 5) is 25.1. The Morgan fingerprint density at radius 1 is 1.08 bits per heavy atom. The van der Waals surface area contributed by atoms with Crippen LogP contribution in [-0.4, -0.2) is 17.6 Å². The largest absolute Gasteiger partial charge is 0.350 e. The van der Waals surface area contributed by atoms with Crippen LogP contribution in [-0.2, 0) is 9.59 Å². The van der Waals surface area contributed by atoms with Gasteiger partial charge in [0.2, 0.25) is 11.8 Å². The molecule has 136 valence electrons. The van der Waals surface area contributed by atoms with Crippen molar-refractivity contribution < 1.29 is 9.59 Å². The molecular formula is C21H24N2O2S. The van der Waals surface area contributed by atoms with Crippen molar-refractivity contribution in [1.29, 1.82) is 0 Å². The molecule has 0 aromatic heterocycles. The normalized spacial score (nSPS) is 14.5. The van der Waals surface area contributed by atoms with Gasteiger partial charge in [-0.15, -0.1) is 11.8 Å². The minimum Gasteiger partial charge on any atom is -0.350 e. The minimum absolute atomic E-state index is 0.0482. The fourth-order valence-electron chi connectivity index (χ4n) is 2.62. The Labute approximate surface area is 158 Å². The van der Waals surface area contributed by atoms with Gasteiger partial charge in [-0.05, 0) is 49.6 Å². The first-order valence-corrected chi connectivity index (χ1v) is 9.98. The number of hydrogen-bond donors (Lipinski definition) is 2. The van der Waals surface area contributed by atoms with Crippen LogP contribution in [0.25, 0.3) is 0 Å². The van der Waals surface area contributed by atoms with E-state index < -0.39 is 0 Å². The lowest BCUT2D eigenvalue weighted by molar-refractivity contribution is -0.121. The number of carbonyl (C=O) groups excluding carboxylic acids is 2. The van der Waals surface area contributed by atoms with Crippen LogP contribution in [0.4, 0.5) is 5.69 Å². The maximum absolute atomic E-state index is 12.1. The average molecular weight is 369 g/mol. The Balaban J connectivity index is 1.42. The van der Waals surface area contributed by atoms with Crippen LogP contribution < -0.4 is 10.6 Å². The summed E-state index contributed by atoms with van der Waals surface area (Å²) in [5.41, 5.74) is 1.84. The average Bonchev–Trinajstić information content (AvgIpc) is 3.48. The molecule has 1 atom stereocenters. The number of rotatable bonds is 8. The molecule has 1 fully saturated rings. The number of hydrogen-bond acceptors (Lipinski definition) is 3. The Morgan fingerprint density at radius 3 is 2.42 bits per heavy atom. The van der Waals surface area contributed by atoms with Crippen LogP contribution in [0.2, 0.25) is 0 Å². The van der Waals surface area contributed by atoms with E-state index in [-0.39, 0.29) is 23.8 Å². The quantitative estimate of drug-likeness (QED) is 0.679. The monoisotopic (exact) mass is 368 g/mol. The van der Waals surface area contributed by atoms with Crippen molar-refractivity contribution >= 4 is 29.3 Å². The molecule has 2 N–H and O–H groups in total. The summed E-state index contributed by atoms with van der Waals surface area (Å²) in [6.45, 7) is 1.97. The predicted molar refractivity (Wildman–Crippen MR) is 106 cm³/mol. The molecule has 0 spiro atoms. The second kappa shape index (κ2) is 8.90. The third kappa shape index (κ3) is 5.63. The summed E-state index contributed by atoms with van der Waals surface area (Å²) >= 11 is 1.69. The molecule has 1 aliphatic rings. The summed E-state index contributed by atoms with van der Waals surface area (Å²) in [6.07, 6.45) is 2.48. The maximum atomic E-state index is 12.1. The summed E-state index contributed by atoms with van der Waals surface area (Å²) < 4.78 is 0. The van der Waals surface area contributed by atoms with E-state index in [0.29, 0.717) is 6.42 Å². The molecule has 1 unspecified atom stereocenters. The number of amides is 2. The summed E-state index contributed by atoms with van der Waals surface area (Å²) in [5, 5.41) is 5.96. The van der Waals surface area contributed by atoms with E-state index in [4.69, 9.17) is 0 Å². The molecule has 4 nitrogen and oxygen atoms in total. The Kier molecular flexibility index (Phi) is 6.34. The highest BCUT2D eigenvalue weighted by Crippen LogP contribution is 2.30. The van der Waals surface area contributed by atoms with E-state index in [1.165, 1.54) is 4.90 Å². The van der Waals surface area contributed by atoms with Gasteiger partial charge in [0, 0.05) is 28.7 Å². The van der Waals surface area contributed by atoms with Crippen LogP contribution in [0, 0.1) is 5.92 Å². The van der Waals surface area contributed by atoms with E-state index in [1.54, 1.807) is 11.8 Å². The van der Waals surface area contributed by atoms with Crippen LogP contribution in [0.1, 0.15) is 37.8 Å². The van der Waals surface area contributed by atoms with Gasteiger partial charge in [0.05, 0.1) is 6.04 Å². The van der Waals surface area contributed by atoms with Gasteiger partial charge < -0.3 is 10.6 Å². The van der Waals surface area contributed by atoms with Crippen molar-refractivity contribution in [3.63, 3.8) is 0 Å². The number of thioether (sulfide) groups is 1.